The molecule has 0 saturated heterocycles. The van der Waals surface area contributed by atoms with Crippen molar-refractivity contribution in [2.45, 2.75) is 6.54 Å². The molecule has 0 saturated carbocycles. The number of nitrogens with one attached hydrogen (secondary N) is 2. The van der Waals surface area contributed by atoms with Gasteiger partial charge in [-0.1, -0.05) is 0 Å². The number of hydrogen-bond acceptors (Lipinski definition) is 7. The zero-order valence-electron chi connectivity index (χ0n) is 16.4. The number of aromatic nitrogens is 2. The van der Waals surface area contributed by atoms with Gasteiger partial charge in [0, 0.05) is 43.0 Å². The average Bonchev–Trinajstić information content (AvgIpc) is 2.77. The van der Waals surface area contributed by atoms with Gasteiger partial charge in [0.2, 0.25) is 5.75 Å². The van der Waals surface area contributed by atoms with Gasteiger partial charge in [-0.05, 0) is 29.8 Å². The Bertz CT molecular complexity index is 954. The number of carbonyl (C=O) groups excluding carboxylic acids is 1. The third kappa shape index (κ3) is 4.73. The van der Waals surface area contributed by atoms with E-state index >= 15 is 0 Å². The summed E-state index contributed by atoms with van der Waals surface area (Å²) in [5.41, 5.74) is 1.95. The summed E-state index contributed by atoms with van der Waals surface area (Å²) in [6.07, 6.45) is 5.06. The summed E-state index contributed by atoms with van der Waals surface area (Å²) in [6.45, 7) is 0.518. The summed E-state index contributed by atoms with van der Waals surface area (Å²) in [5, 5.41) is 6.04. The Balaban J connectivity index is 1.81. The Morgan fingerprint density at radius 3 is 2.28 bits per heavy atom. The summed E-state index contributed by atoms with van der Waals surface area (Å²) in [5.74, 6) is 1.52. The largest absolute Gasteiger partial charge is 0.493 e. The molecule has 0 aliphatic heterocycles. The van der Waals surface area contributed by atoms with E-state index in [-0.39, 0.29) is 5.91 Å². The number of methoxy groups -OCH3 is 3. The van der Waals surface area contributed by atoms with E-state index in [1.807, 2.05) is 12.1 Å². The van der Waals surface area contributed by atoms with Crippen molar-refractivity contribution >= 4 is 17.4 Å². The molecule has 3 rings (SSSR count). The highest BCUT2D eigenvalue weighted by atomic mass is 16.5. The number of amides is 1. The van der Waals surface area contributed by atoms with Gasteiger partial charge in [0.15, 0.2) is 11.5 Å². The van der Waals surface area contributed by atoms with E-state index in [1.165, 1.54) is 21.3 Å². The fourth-order valence-corrected chi connectivity index (χ4v) is 2.77. The van der Waals surface area contributed by atoms with Crippen LogP contribution in [0.1, 0.15) is 15.9 Å². The lowest BCUT2D eigenvalue weighted by Gasteiger charge is -2.15. The molecule has 2 aromatic heterocycles. The van der Waals surface area contributed by atoms with E-state index in [9.17, 15) is 4.79 Å². The van der Waals surface area contributed by atoms with E-state index in [0.29, 0.717) is 40.9 Å². The Kier molecular flexibility index (Phi) is 6.47. The molecule has 0 atom stereocenters. The Morgan fingerprint density at radius 1 is 0.966 bits per heavy atom. The summed E-state index contributed by atoms with van der Waals surface area (Å²) >= 11 is 0. The van der Waals surface area contributed by atoms with Crippen LogP contribution in [0.25, 0.3) is 0 Å². The molecule has 2 heterocycles. The van der Waals surface area contributed by atoms with Crippen LogP contribution in [0.5, 0.6) is 17.2 Å². The Hall–Kier alpha value is -3.81. The van der Waals surface area contributed by atoms with Gasteiger partial charge in [-0.3, -0.25) is 9.78 Å². The summed E-state index contributed by atoms with van der Waals surface area (Å²) in [6, 6.07) is 10.5. The molecule has 0 aliphatic carbocycles. The number of carbonyl (C=O) groups is 1. The minimum absolute atomic E-state index is 0.315. The van der Waals surface area contributed by atoms with Crippen LogP contribution >= 0.6 is 0 Å². The molecule has 1 amide bonds. The first-order valence-electron chi connectivity index (χ1n) is 8.85. The molecule has 0 fully saturated rings. The van der Waals surface area contributed by atoms with Crippen LogP contribution in [0.15, 0.2) is 55.0 Å². The highest BCUT2D eigenvalue weighted by molar-refractivity contribution is 6.07. The number of ether oxygens (including phenoxy) is 3. The number of hydrogen-bond donors (Lipinski definition) is 2. The normalized spacial score (nSPS) is 10.2. The zero-order chi connectivity index (χ0) is 20.6. The van der Waals surface area contributed by atoms with E-state index in [4.69, 9.17) is 14.2 Å². The molecule has 0 radical (unpaired) electrons. The van der Waals surface area contributed by atoms with Crippen molar-refractivity contribution in [3.05, 3.63) is 66.1 Å². The van der Waals surface area contributed by atoms with Gasteiger partial charge in [-0.25, -0.2) is 4.98 Å². The SMILES string of the molecule is COc1cc(NC(=O)c2cccnc2NCc2ccncc2)cc(OC)c1OC. The minimum Gasteiger partial charge on any atom is -0.493 e. The molecule has 29 heavy (non-hydrogen) atoms. The second-order valence-corrected chi connectivity index (χ2v) is 5.98. The van der Waals surface area contributed by atoms with Crippen molar-refractivity contribution in [3.8, 4) is 17.2 Å². The fourth-order valence-electron chi connectivity index (χ4n) is 2.77. The lowest BCUT2D eigenvalue weighted by Crippen LogP contribution is -2.16. The van der Waals surface area contributed by atoms with Crippen LogP contribution in [0.4, 0.5) is 11.5 Å². The van der Waals surface area contributed by atoms with Crippen LogP contribution in [-0.4, -0.2) is 37.2 Å². The average molecular weight is 394 g/mol. The molecule has 0 spiro atoms. The lowest BCUT2D eigenvalue weighted by molar-refractivity contribution is 0.102. The van der Waals surface area contributed by atoms with Gasteiger partial charge >= 0.3 is 0 Å². The number of nitrogens with zero attached hydrogens (tertiary/aromatic N) is 2. The smallest absolute Gasteiger partial charge is 0.259 e. The lowest BCUT2D eigenvalue weighted by atomic mass is 10.2. The van der Waals surface area contributed by atoms with Crippen LogP contribution < -0.4 is 24.8 Å². The van der Waals surface area contributed by atoms with E-state index < -0.39 is 0 Å². The first-order valence-corrected chi connectivity index (χ1v) is 8.85. The predicted octanol–water partition coefficient (Wildman–Crippen LogP) is 3.37. The van der Waals surface area contributed by atoms with E-state index in [1.54, 1.807) is 42.9 Å². The van der Waals surface area contributed by atoms with Crippen LogP contribution in [-0.2, 0) is 6.54 Å². The maximum atomic E-state index is 12.9. The third-order valence-corrected chi connectivity index (χ3v) is 4.18. The van der Waals surface area contributed by atoms with Crippen molar-refractivity contribution in [1.29, 1.82) is 0 Å². The summed E-state index contributed by atoms with van der Waals surface area (Å²) in [4.78, 5) is 21.2. The second-order valence-electron chi connectivity index (χ2n) is 5.98. The van der Waals surface area contributed by atoms with E-state index in [2.05, 4.69) is 20.6 Å². The first kappa shape index (κ1) is 19.9. The Morgan fingerprint density at radius 2 is 1.66 bits per heavy atom. The molecule has 150 valence electrons. The van der Waals surface area contributed by atoms with Crippen molar-refractivity contribution in [2.75, 3.05) is 32.0 Å². The maximum Gasteiger partial charge on any atom is 0.259 e. The highest BCUT2D eigenvalue weighted by Gasteiger charge is 2.17. The topological polar surface area (TPSA) is 94.6 Å². The number of benzene rings is 1. The first-order chi connectivity index (χ1) is 14.2. The molecule has 0 aliphatic rings. The molecule has 0 bridgehead atoms. The third-order valence-electron chi connectivity index (χ3n) is 4.18. The van der Waals surface area contributed by atoms with Crippen molar-refractivity contribution in [2.24, 2.45) is 0 Å². The fraction of sp³-hybridized carbons (Fsp3) is 0.190. The molecule has 1 aromatic carbocycles. The zero-order valence-corrected chi connectivity index (χ0v) is 16.4. The van der Waals surface area contributed by atoms with Crippen molar-refractivity contribution in [3.63, 3.8) is 0 Å². The van der Waals surface area contributed by atoms with Gasteiger partial charge in [-0.2, -0.15) is 0 Å². The number of anilines is 2. The van der Waals surface area contributed by atoms with Crippen LogP contribution in [0.2, 0.25) is 0 Å². The molecule has 8 nitrogen and oxygen atoms in total. The molecular formula is C21H22N4O4. The molecular weight excluding hydrogens is 372 g/mol. The van der Waals surface area contributed by atoms with E-state index in [0.717, 1.165) is 5.56 Å². The highest BCUT2D eigenvalue weighted by Crippen LogP contribution is 2.40. The van der Waals surface area contributed by atoms with Crippen LogP contribution in [0, 0.1) is 0 Å². The molecule has 3 aromatic rings. The van der Waals surface area contributed by atoms with Gasteiger partial charge in [0.05, 0.1) is 26.9 Å². The maximum absolute atomic E-state index is 12.9. The minimum atomic E-state index is -0.315. The summed E-state index contributed by atoms with van der Waals surface area (Å²) in [7, 11) is 4.56. The van der Waals surface area contributed by atoms with Gasteiger partial charge in [-0.15, -0.1) is 0 Å². The molecule has 2 N–H and O–H groups in total. The number of pyridine rings is 2. The molecule has 8 heteroatoms. The predicted molar refractivity (Wildman–Crippen MR) is 110 cm³/mol. The van der Waals surface area contributed by atoms with Crippen molar-refractivity contribution in [1.82, 2.24) is 9.97 Å². The molecule has 0 unspecified atom stereocenters. The number of rotatable bonds is 8. The van der Waals surface area contributed by atoms with Crippen molar-refractivity contribution < 1.29 is 19.0 Å². The monoisotopic (exact) mass is 394 g/mol. The van der Waals surface area contributed by atoms with Gasteiger partial charge < -0.3 is 24.8 Å². The van der Waals surface area contributed by atoms with Gasteiger partial charge in [0.1, 0.15) is 5.82 Å². The summed E-state index contributed by atoms with van der Waals surface area (Å²) < 4.78 is 16.0. The quantitative estimate of drug-likeness (QED) is 0.605. The van der Waals surface area contributed by atoms with Crippen LogP contribution in [0.3, 0.4) is 0 Å². The second kappa shape index (κ2) is 9.41. The Labute approximate surface area is 168 Å². The van der Waals surface area contributed by atoms with Gasteiger partial charge in [0.25, 0.3) is 5.91 Å². The standard InChI is InChI=1S/C21H22N4O4/c1-27-17-11-15(12-18(28-2)19(17)29-3)25-21(26)16-5-4-8-23-20(16)24-13-14-6-9-22-10-7-14/h4-12H,13H2,1-3H3,(H,23,24)(H,25,26).